The van der Waals surface area contributed by atoms with Crippen LogP contribution in [0, 0.1) is 26.1 Å². The Kier molecular flexibility index (Phi) is 5.30. The normalized spacial score (nSPS) is 19.9. The fraction of sp³-hybridized carbons (Fsp3) is 0.417. The van der Waals surface area contributed by atoms with Gasteiger partial charge in [0.05, 0.1) is 22.4 Å². The summed E-state index contributed by atoms with van der Waals surface area (Å²) in [5.74, 6) is -0.00788. The molecule has 0 fully saturated rings. The molecule has 2 aromatic rings. The molecule has 0 saturated carbocycles. The highest BCUT2D eigenvalue weighted by Crippen LogP contribution is 2.58. The Bertz CT molecular complexity index is 1170. The second kappa shape index (κ2) is 7.75. The van der Waals surface area contributed by atoms with Crippen LogP contribution in [0.4, 0.5) is 17.1 Å². The van der Waals surface area contributed by atoms with Gasteiger partial charge in [-0.05, 0) is 50.0 Å². The summed E-state index contributed by atoms with van der Waals surface area (Å²) in [6, 6.07) is 9.27. The molecule has 33 heavy (non-hydrogen) atoms. The second-order valence-corrected chi connectivity index (χ2v) is 9.32. The first-order valence-corrected chi connectivity index (χ1v) is 10.8. The molecule has 0 radical (unpaired) electrons. The molecule has 0 amide bonds. The molecule has 174 valence electrons. The van der Waals surface area contributed by atoms with E-state index in [9.17, 15) is 20.2 Å². The van der Waals surface area contributed by atoms with Gasteiger partial charge in [-0.2, -0.15) is 0 Å². The maximum Gasteiger partial charge on any atom is 0.360 e. The molecule has 0 aromatic heterocycles. The van der Waals surface area contributed by atoms with E-state index < -0.39 is 38.1 Å². The Morgan fingerprint density at radius 3 is 2.45 bits per heavy atom. The number of nitro groups is 2. The van der Waals surface area contributed by atoms with Crippen molar-refractivity contribution in [2.24, 2.45) is 5.92 Å². The van der Waals surface area contributed by atoms with Crippen molar-refractivity contribution in [1.82, 2.24) is 0 Å². The van der Waals surface area contributed by atoms with Crippen molar-refractivity contribution in [3.63, 3.8) is 0 Å². The lowest BCUT2D eigenvalue weighted by Gasteiger charge is -2.47. The summed E-state index contributed by atoms with van der Waals surface area (Å²) in [6.07, 6.45) is 4.45. The zero-order valence-electron chi connectivity index (χ0n) is 19.3. The zero-order valence-corrected chi connectivity index (χ0v) is 19.3. The number of benzene rings is 2. The molecular formula is C24H27N3O6. The Morgan fingerprint density at radius 2 is 1.85 bits per heavy atom. The number of rotatable bonds is 6. The maximum absolute atomic E-state index is 12.1. The van der Waals surface area contributed by atoms with Crippen LogP contribution in [0.25, 0.3) is 6.08 Å². The van der Waals surface area contributed by atoms with Gasteiger partial charge in [0.15, 0.2) is 0 Å². The van der Waals surface area contributed by atoms with Gasteiger partial charge in [-0.25, -0.2) is 0 Å². The first-order valence-electron chi connectivity index (χ1n) is 10.8. The van der Waals surface area contributed by atoms with Crippen LogP contribution in [-0.2, 0) is 5.41 Å². The summed E-state index contributed by atoms with van der Waals surface area (Å²) >= 11 is 0. The highest BCUT2D eigenvalue weighted by molar-refractivity contribution is 5.80. The molecule has 0 bridgehead atoms. The minimum absolute atomic E-state index is 0.0274. The van der Waals surface area contributed by atoms with Crippen molar-refractivity contribution in [2.75, 3.05) is 18.6 Å². The Hall–Kier alpha value is -3.62. The van der Waals surface area contributed by atoms with Crippen molar-refractivity contribution < 1.29 is 19.3 Å². The SMILES string of the molecule is COc1c([N+](=O)[O-])cc2c(c1[N+](=O)[O-])OC1(C=C2)N(CCC(C)C)c2ccccc2C1(C)C. The Morgan fingerprint density at radius 1 is 1.15 bits per heavy atom. The largest absolute Gasteiger partial charge is 0.485 e. The topological polar surface area (TPSA) is 108 Å². The Balaban J connectivity index is 1.96. The molecule has 4 rings (SSSR count). The van der Waals surface area contributed by atoms with Gasteiger partial charge in [0.25, 0.3) is 5.75 Å². The minimum Gasteiger partial charge on any atom is -0.485 e. The van der Waals surface area contributed by atoms with E-state index >= 15 is 0 Å². The van der Waals surface area contributed by atoms with E-state index in [0.717, 1.165) is 17.7 Å². The lowest BCUT2D eigenvalue weighted by molar-refractivity contribution is -0.396. The fourth-order valence-electron chi connectivity index (χ4n) is 4.87. The number of nitrogens with zero attached hydrogens (tertiary/aromatic N) is 3. The quantitative estimate of drug-likeness (QED) is 0.422. The average Bonchev–Trinajstić information content (AvgIpc) is 2.94. The van der Waals surface area contributed by atoms with E-state index in [1.165, 1.54) is 13.2 Å². The standard InChI is InChI=1S/C24H27N3O6/c1-15(2)11-13-25-18-9-7-6-8-17(18)23(3,4)24(25)12-10-16-14-19(26(28)29)22(32-5)20(27(30)31)21(16)33-24/h6-10,12,14-15H,11,13H2,1-5H3. The van der Waals surface area contributed by atoms with Crippen molar-refractivity contribution in [2.45, 2.75) is 45.3 Å². The van der Waals surface area contributed by atoms with E-state index in [0.29, 0.717) is 12.5 Å². The van der Waals surface area contributed by atoms with Crippen LogP contribution in [0.1, 0.15) is 45.2 Å². The molecule has 1 atom stereocenters. The Labute approximate surface area is 191 Å². The van der Waals surface area contributed by atoms with Crippen LogP contribution in [0.3, 0.4) is 0 Å². The van der Waals surface area contributed by atoms with Crippen LogP contribution in [-0.4, -0.2) is 29.2 Å². The molecule has 9 nitrogen and oxygen atoms in total. The predicted octanol–water partition coefficient (Wildman–Crippen LogP) is 5.46. The van der Waals surface area contributed by atoms with Gasteiger partial charge in [0.2, 0.25) is 11.5 Å². The number of ether oxygens (including phenoxy) is 2. The fourth-order valence-corrected chi connectivity index (χ4v) is 4.87. The lowest BCUT2D eigenvalue weighted by atomic mass is 9.76. The van der Waals surface area contributed by atoms with Gasteiger partial charge in [-0.15, -0.1) is 0 Å². The van der Waals surface area contributed by atoms with Crippen LogP contribution in [0.15, 0.2) is 36.4 Å². The molecule has 2 aromatic carbocycles. The van der Waals surface area contributed by atoms with Gasteiger partial charge in [0.1, 0.15) is 0 Å². The number of fused-ring (bicyclic) bond motifs is 2. The highest BCUT2D eigenvalue weighted by Gasteiger charge is 2.59. The summed E-state index contributed by atoms with van der Waals surface area (Å²) in [6.45, 7) is 9.05. The third kappa shape index (κ3) is 3.21. The smallest absolute Gasteiger partial charge is 0.360 e. The molecule has 0 aliphatic carbocycles. The highest BCUT2D eigenvalue weighted by atomic mass is 16.6. The average molecular weight is 453 g/mol. The van der Waals surface area contributed by atoms with Crippen LogP contribution in [0.2, 0.25) is 0 Å². The molecule has 2 heterocycles. The second-order valence-electron chi connectivity index (χ2n) is 9.32. The monoisotopic (exact) mass is 453 g/mol. The van der Waals surface area contributed by atoms with E-state index in [1.54, 1.807) is 6.08 Å². The third-order valence-corrected chi connectivity index (χ3v) is 6.64. The first-order chi connectivity index (χ1) is 15.5. The zero-order chi connectivity index (χ0) is 24.1. The number of hydrogen-bond donors (Lipinski definition) is 0. The van der Waals surface area contributed by atoms with Gasteiger partial charge < -0.3 is 14.4 Å². The number of nitro benzene ring substituents is 2. The maximum atomic E-state index is 12.1. The van der Waals surface area contributed by atoms with Crippen molar-refractivity contribution in [1.29, 1.82) is 0 Å². The number of methoxy groups -OCH3 is 1. The lowest BCUT2D eigenvalue weighted by Crippen LogP contribution is -2.59. The van der Waals surface area contributed by atoms with Crippen molar-refractivity contribution in [3.8, 4) is 11.5 Å². The van der Waals surface area contributed by atoms with E-state index in [4.69, 9.17) is 9.47 Å². The molecule has 1 spiro atoms. The van der Waals surface area contributed by atoms with Crippen LogP contribution >= 0.6 is 0 Å². The molecule has 9 heteroatoms. The van der Waals surface area contributed by atoms with E-state index in [1.807, 2.05) is 44.2 Å². The molecule has 0 N–H and O–H groups in total. The van der Waals surface area contributed by atoms with Crippen molar-refractivity contribution in [3.05, 3.63) is 67.8 Å². The van der Waals surface area contributed by atoms with Gasteiger partial charge in [0, 0.05) is 23.9 Å². The van der Waals surface area contributed by atoms with Gasteiger partial charge in [-0.3, -0.25) is 20.2 Å². The summed E-state index contributed by atoms with van der Waals surface area (Å²) in [5, 5.41) is 23.7. The summed E-state index contributed by atoms with van der Waals surface area (Å²) in [5.41, 5.74) is -0.289. The number of hydrogen-bond acceptors (Lipinski definition) is 7. The predicted molar refractivity (Wildman–Crippen MR) is 125 cm³/mol. The van der Waals surface area contributed by atoms with Crippen molar-refractivity contribution >= 4 is 23.1 Å². The molecule has 1 unspecified atom stereocenters. The van der Waals surface area contributed by atoms with Gasteiger partial charge >= 0.3 is 11.4 Å². The van der Waals surface area contributed by atoms with Gasteiger partial charge in [-0.1, -0.05) is 32.0 Å². The molecule has 0 saturated heterocycles. The third-order valence-electron chi connectivity index (χ3n) is 6.64. The number of anilines is 1. The number of para-hydroxylation sites is 1. The summed E-state index contributed by atoms with van der Waals surface area (Å²) in [4.78, 5) is 24.5. The summed E-state index contributed by atoms with van der Waals surface area (Å²) in [7, 11) is 1.18. The molecule has 2 aliphatic heterocycles. The molecular weight excluding hydrogens is 426 g/mol. The van der Waals surface area contributed by atoms with E-state index in [-0.39, 0.29) is 11.3 Å². The minimum atomic E-state index is -1.05. The van der Waals surface area contributed by atoms with Crippen LogP contribution < -0.4 is 14.4 Å². The molecule has 2 aliphatic rings. The first kappa shape index (κ1) is 22.6. The van der Waals surface area contributed by atoms with Crippen LogP contribution in [0.5, 0.6) is 11.5 Å². The summed E-state index contributed by atoms with van der Waals surface area (Å²) < 4.78 is 11.7. The van der Waals surface area contributed by atoms with E-state index in [2.05, 4.69) is 18.7 Å².